The largest absolute Gasteiger partial charge is 0.486 e. The number of carbonyl (C=O) groups is 1. The van der Waals surface area contributed by atoms with Crippen molar-refractivity contribution in [3.63, 3.8) is 0 Å². The van der Waals surface area contributed by atoms with E-state index in [1.807, 2.05) is 38.1 Å². The Labute approximate surface area is 146 Å². The monoisotopic (exact) mass is 345 g/mol. The van der Waals surface area contributed by atoms with E-state index in [0.29, 0.717) is 41.7 Å². The number of benzene rings is 2. The first kappa shape index (κ1) is 16.7. The van der Waals surface area contributed by atoms with Gasteiger partial charge in [0.05, 0.1) is 5.56 Å². The summed E-state index contributed by atoms with van der Waals surface area (Å²) in [5.74, 6) is 0.932. The minimum absolute atomic E-state index is 0.186. The number of halogens is 1. The first-order valence-corrected chi connectivity index (χ1v) is 8.29. The van der Waals surface area contributed by atoms with Crippen molar-refractivity contribution in [2.24, 2.45) is 0 Å². The number of fused-ring (bicyclic) bond motifs is 1. The van der Waals surface area contributed by atoms with E-state index in [2.05, 4.69) is 5.32 Å². The van der Waals surface area contributed by atoms with Crippen LogP contribution < -0.4 is 14.8 Å². The highest BCUT2D eigenvalue weighted by Crippen LogP contribution is 2.34. The van der Waals surface area contributed by atoms with E-state index in [9.17, 15) is 4.79 Å². The quantitative estimate of drug-likeness (QED) is 0.915. The lowest BCUT2D eigenvalue weighted by atomic mass is 9.94. The predicted octanol–water partition coefficient (Wildman–Crippen LogP) is 3.86. The summed E-state index contributed by atoms with van der Waals surface area (Å²) in [6, 6.07) is 13.0. The molecule has 3 rings (SSSR count). The lowest BCUT2D eigenvalue weighted by molar-refractivity contribution is 0.0902. The highest BCUT2D eigenvalue weighted by Gasteiger charge is 2.26. The van der Waals surface area contributed by atoms with E-state index in [-0.39, 0.29) is 5.91 Å². The fraction of sp³-hybridized carbons (Fsp3) is 0.316. The van der Waals surface area contributed by atoms with Crippen LogP contribution in [0.2, 0.25) is 5.02 Å². The summed E-state index contributed by atoms with van der Waals surface area (Å²) in [4.78, 5) is 12.7. The molecule has 0 saturated carbocycles. The van der Waals surface area contributed by atoms with Gasteiger partial charge in [-0.25, -0.2) is 0 Å². The van der Waals surface area contributed by atoms with Gasteiger partial charge in [0.1, 0.15) is 13.2 Å². The maximum atomic E-state index is 12.7. The molecule has 1 amide bonds. The normalized spacial score (nSPS) is 13.5. The van der Waals surface area contributed by atoms with Crippen molar-refractivity contribution in [2.45, 2.75) is 25.8 Å². The summed E-state index contributed by atoms with van der Waals surface area (Å²) in [5.41, 5.74) is 1.03. The van der Waals surface area contributed by atoms with E-state index in [1.165, 1.54) is 0 Å². The molecule has 1 N–H and O–H groups in total. The fourth-order valence-corrected chi connectivity index (χ4v) is 2.99. The van der Waals surface area contributed by atoms with Gasteiger partial charge in [0, 0.05) is 10.6 Å². The van der Waals surface area contributed by atoms with Crippen LogP contribution in [0.1, 0.15) is 29.8 Å². The van der Waals surface area contributed by atoms with Crippen molar-refractivity contribution in [1.82, 2.24) is 5.32 Å². The average molecular weight is 346 g/mol. The van der Waals surface area contributed by atoms with E-state index in [0.717, 1.165) is 5.56 Å². The Morgan fingerprint density at radius 2 is 1.88 bits per heavy atom. The van der Waals surface area contributed by atoms with Gasteiger partial charge in [0.2, 0.25) is 0 Å². The average Bonchev–Trinajstić information content (AvgIpc) is 2.56. The molecule has 4 nitrogen and oxygen atoms in total. The lowest BCUT2D eigenvalue weighted by Crippen LogP contribution is -2.45. The minimum atomic E-state index is -0.458. The highest BCUT2D eigenvalue weighted by molar-refractivity contribution is 6.31. The third-order valence-corrected chi connectivity index (χ3v) is 4.22. The Morgan fingerprint density at radius 3 is 2.67 bits per heavy atom. The number of ether oxygens (including phenoxy) is 2. The van der Waals surface area contributed by atoms with Crippen LogP contribution >= 0.6 is 11.6 Å². The van der Waals surface area contributed by atoms with Crippen molar-refractivity contribution < 1.29 is 14.3 Å². The zero-order valence-corrected chi connectivity index (χ0v) is 14.5. The van der Waals surface area contributed by atoms with Gasteiger partial charge >= 0.3 is 0 Å². The second-order valence-corrected chi connectivity index (χ2v) is 6.84. The molecule has 2 aromatic rings. The number of rotatable bonds is 4. The molecule has 5 heteroatoms. The molecule has 0 bridgehead atoms. The van der Waals surface area contributed by atoms with E-state index in [1.54, 1.807) is 18.2 Å². The Morgan fingerprint density at radius 1 is 1.12 bits per heavy atom. The van der Waals surface area contributed by atoms with Gasteiger partial charge in [-0.2, -0.15) is 0 Å². The second-order valence-electron chi connectivity index (χ2n) is 6.44. The topological polar surface area (TPSA) is 47.6 Å². The molecule has 0 aromatic heterocycles. The number of hydrogen-bond acceptors (Lipinski definition) is 3. The zero-order chi connectivity index (χ0) is 17.2. The molecule has 0 unspecified atom stereocenters. The summed E-state index contributed by atoms with van der Waals surface area (Å²) >= 11 is 6.23. The molecule has 0 spiro atoms. The Kier molecular flexibility index (Phi) is 4.67. The van der Waals surface area contributed by atoms with Crippen molar-refractivity contribution >= 4 is 17.5 Å². The number of hydrogen-bond donors (Lipinski definition) is 1. The Hall–Kier alpha value is -2.20. The van der Waals surface area contributed by atoms with Gasteiger partial charge in [0.15, 0.2) is 11.5 Å². The van der Waals surface area contributed by atoms with Crippen LogP contribution in [0.25, 0.3) is 0 Å². The summed E-state index contributed by atoms with van der Waals surface area (Å²) in [5, 5.41) is 3.77. The molecule has 126 valence electrons. The molecule has 1 heterocycles. The molecule has 1 aliphatic rings. The summed E-state index contributed by atoms with van der Waals surface area (Å²) < 4.78 is 11.2. The van der Waals surface area contributed by atoms with E-state index < -0.39 is 5.54 Å². The second kappa shape index (κ2) is 6.73. The van der Waals surface area contributed by atoms with Crippen molar-refractivity contribution in [3.8, 4) is 11.5 Å². The van der Waals surface area contributed by atoms with Crippen LogP contribution in [0.5, 0.6) is 11.5 Å². The summed E-state index contributed by atoms with van der Waals surface area (Å²) in [6.07, 6.45) is 0.630. The SMILES string of the molecule is CC(C)(Cc1ccccc1Cl)NC(=O)c1cccc2c1OCCO2. The zero-order valence-electron chi connectivity index (χ0n) is 13.8. The smallest absolute Gasteiger partial charge is 0.255 e. The third-order valence-electron chi connectivity index (χ3n) is 3.85. The van der Waals surface area contributed by atoms with Gasteiger partial charge in [-0.05, 0) is 44.0 Å². The van der Waals surface area contributed by atoms with Gasteiger partial charge in [-0.15, -0.1) is 0 Å². The van der Waals surface area contributed by atoms with Gasteiger partial charge < -0.3 is 14.8 Å². The molecular formula is C19H20ClNO3. The molecule has 0 radical (unpaired) electrons. The van der Waals surface area contributed by atoms with Crippen LogP contribution in [0, 0.1) is 0 Å². The number of nitrogens with one attached hydrogen (secondary N) is 1. The molecule has 0 saturated heterocycles. The molecule has 2 aromatic carbocycles. The van der Waals surface area contributed by atoms with E-state index in [4.69, 9.17) is 21.1 Å². The van der Waals surface area contributed by atoms with Crippen molar-refractivity contribution in [1.29, 1.82) is 0 Å². The Balaban J connectivity index is 1.78. The first-order valence-electron chi connectivity index (χ1n) is 7.91. The molecule has 1 aliphatic heterocycles. The van der Waals surface area contributed by atoms with Gasteiger partial charge in [-0.3, -0.25) is 4.79 Å². The minimum Gasteiger partial charge on any atom is -0.486 e. The lowest BCUT2D eigenvalue weighted by Gasteiger charge is -2.28. The molecule has 0 aliphatic carbocycles. The fourth-order valence-electron chi connectivity index (χ4n) is 2.79. The predicted molar refractivity (Wildman–Crippen MR) is 94.1 cm³/mol. The molecular weight excluding hydrogens is 326 g/mol. The van der Waals surface area contributed by atoms with Gasteiger partial charge in [0.25, 0.3) is 5.91 Å². The molecule has 0 fully saturated rings. The van der Waals surface area contributed by atoms with Crippen LogP contribution in [0.15, 0.2) is 42.5 Å². The van der Waals surface area contributed by atoms with Crippen LogP contribution in [0.3, 0.4) is 0 Å². The highest BCUT2D eigenvalue weighted by atomic mass is 35.5. The van der Waals surface area contributed by atoms with Crippen LogP contribution in [0.4, 0.5) is 0 Å². The maximum absolute atomic E-state index is 12.7. The molecule has 0 atom stereocenters. The van der Waals surface area contributed by atoms with Crippen LogP contribution in [-0.4, -0.2) is 24.7 Å². The van der Waals surface area contributed by atoms with Gasteiger partial charge in [-0.1, -0.05) is 35.9 Å². The Bertz CT molecular complexity index is 758. The standard InChI is InChI=1S/C19H20ClNO3/c1-19(2,12-13-6-3-4-8-15(13)20)21-18(22)14-7-5-9-16-17(14)24-11-10-23-16/h3-9H,10-12H2,1-2H3,(H,21,22). The third kappa shape index (κ3) is 3.65. The van der Waals surface area contributed by atoms with Crippen LogP contribution in [-0.2, 0) is 6.42 Å². The first-order chi connectivity index (χ1) is 11.5. The number of para-hydroxylation sites is 1. The number of carbonyl (C=O) groups excluding carboxylic acids is 1. The maximum Gasteiger partial charge on any atom is 0.255 e. The molecule has 24 heavy (non-hydrogen) atoms. The van der Waals surface area contributed by atoms with Crippen molar-refractivity contribution in [2.75, 3.05) is 13.2 Å². The van der Waals surface area contributed by atoms with E-state index >= 15 is 0 Å². The number of amides is 1. The summed E-state index contributed by atoms with van der Waals surface area (Å²) in [6.45, 7) is 4.89. The van der Waals surface area contributed by atoms with Crippen molar-refractivity contribution in [3.05, 3.63) is 58.6 Å². The summed E-state index contributed by atoms with van der Waals surface area (Å²) in [7, 11) is 0.